The normalized spacial score (nSPS) is 19.6. The molecule has 0 saturated carbocycles. The van der Waals surface area contributed by atoms with Gasteiger partial charge >= 0.3 is 5.91 Å². The van der Waals surface area contributed by atoms with Crippen molar-refractivity contribution in [2.75, 3.05) is 6.61 Å². The van der Waals surface area contributed by atoms with E-state index in [2.05, 4.69) is 113 Å². The van der Waals surface area contributed by atoms with Crippen molar-refractivity contribution in [2.45, 2.75) is 135 Å². The Hall–Kier alpha value is -1.35. The van der Waals surface area contributed by atoms with Gasteiger partial charge in [0.05, 0.1) is 6.61 Å². The molecule has 0 aromatic heterocycles. The molecule has 5 nitrogen and oxygen atoms in total. The molecular weight excluding hydrogens is 547 g/mol. The van der Waals surface area contributed by atoms with Crippen molar-refractivity contribution in [3.63, 3.8) is 0 Å². The maximum absolute atomic E-state index is 14.2. The van der Waals surface area contributed by atoms with Gasteiger partial charge in [0.25, 0.3) is 5.71 Å². The van der Waals surface area contributed by atoms with Crippen LogP contribution in [0.3, 0.4) is 0 Å². The van der Waals surface area contributed by atoms with Crippen LogP contribution in [0.25, 0.3) is 0 Å². The van der Waals surface area contributed by atoms with Crippen LogP contribution in [-0.2, 0) is 24.6 Å². The number of benzene rings is 1. The van der Waals surface area contributed by atoms with Gasteiger partial charge < -0.3 is 13.3 Å². The molecule has 8 heteroatoms. The molecule has 1 aliphatic heterocycles. The highest BCUT2D eigenvalue weighted by Crippen LogP contribution is 2.42. The molecule has 1 aromatic rings. The highest BCUT2D eigenvalue weighted by atomic mass is 28.4. The molecule has 40 heavy (non-hydrogen) atoms. The van der Waals surface area contributed by atoms with Crippen molar-refractivity contribution in [1.29, 1.82) is 0 Å². The van der Waals surface area contributed by atoms with Gasteiger partial charge in [0.1, 0.15) is 0 Å². The molecule has 0 aliphatic carbocycles. The van der Waals surface area contributed by atoms with Gasteiger partial charge in [-0.2, -0.15) is 0 Å². The first kappa shape index (κ1) is 34.8. The number of nitrogens with zero attached hydrogens (tertiary/aromatic N) is 1. The van der Waals surface area contributed by atoms with Crippen LogP contribution in [0.1, 0.15) is 67.9 Å². The monoisotopic (exact) mass is 602 g/mol. The molecule has 1 heterocycles. The minimum Gasteiger partial charge on any atom is -0.406 e. The second-order valence-corrected chi connectivity index (χ2v) is 30.1. The molecule has 2 atom stereocenters. The Bertz CT molecular complexity index is 1140. The third-order valence-corrected chi connectivity index (χ3v) is 22.9. The lowest BCUT2D eigenvalue weighted by Crippen LogP contribution is -2.53. The summed E-state index contributed by atoms with van der Waals surface area (Å²) in [6.07, 6.45) is -1.27. The minimum atomic E-state index is -2.30. The average Bonchev–Trinajstić information content (AvgIpc) is 2.99. The van der Waals surface area contributed by atoms with Crippen molar-refractivity contribution < 1.29 is 22.6 Å². The van der Waals surface area contributed by atoms with Crippen LogP contribution in [0.5, 0.6) is 0 Å². The Kier molecular flexibility index (Phi) is 10.5. The first-order chi connectivity index (χ1) is 17.9. The number of rotatable bonds is 8. The summed E-state index contributed by atoms with van der Waals surface area (Å²) in [6, 6.07) is 10.1. The SMILES string of the molecule is CC(C)(C)[Si](C)(C)OCC#CC1=[N+](Cc2ccccc2)C(=O)[C@H](O[Si](C)(C)C(C)(C)C)[C@H]1O[Si](C)(C)C(C)(C)C. The molecule has 0 radical (unpaired) electrons. The van der Waals surface area contributed by atoms with Gasteiger partial charge in [-0.25, -0.2) is 4.79 Å². The van der Waals surface area contributed by atoms with Crippen LogP contribution in [0.2, 0.25) is 54.4 Å². The maximum atomic E-state index is 14.2. The molecule has 0 spiro atoms. The molecular formula is C32H56NO4Si3+. The standard InChI is InChI=1S/C32H56NO4Si3/c1-30(2,3)38(10,11)35-23-19-22-26-27(36-39(12,13)31(4,5)6)28(37-40(14,15)32(7,8)9)29(34)33(26)24-25-20-17-16-18-21-25/h16-18,20-21,27-28H,23-24H2,1-15H3/q+1/t27-,28+/m0/s1. The van der Waals surface area contributed by atoms with Crippen LogP contribution in [-0.4, -0.2) is 60.0 Å². The quantitative estimate of drug-likeness (QED) is 0.172. The first-order valence-electron chi connectivity index (χ1n) is 14.6. The molecule has 1 aromatic carbocycles. The fourth-order valence-corrected chi connectivity index (χ4v) is 6.85. The Morgan fingerprint density at radius 3 is 1.62 bits per heavy atom. The largest absolute Gasteiger partial charge is 0.419 e. The summed E-state index contributed by atoms with van der Waals surface area (Å²) >= 11 is 0. The molecule has 0 saturated heterocycles. The van der Waals surface area contributed by atoms with E-state index in [1.807, 2.05) is 34.9 Å². The summed E-state index contributed by atoms with van der Waals surface area (Å²) in [5, 5.41) is 0.0134. The fourth-order valence-electron chi connectivity index (χ4n) is 3.54. The highest BCUT2D eigenvalue weighted by Gasteiger charge is 2.57. The van der Waals surface area contributed by atoms with Crippen molar-refractivity contribution in [1.82, 2.24) is 0 Å². The maximum Gasteiger partial charge on any atom is 0.419 e. The second-order valence-electron chi connectivity index (χ2n) is 15.7. The topological polar surface area (TPSA) is 47.8 Å². The Morgan fingerprint density at radius 2 is 1.18 bits per heavy atom. The van der Waals surface area contributed by atoms with Crippen LogP contribution in [0.15, 0.2) is 30.3 Å². The molecule has 0 unspecified atom stereocenters. The average molecular weight is 603 g/mol. The summed E-state index contributed by atoms with van der Waals surface area (Å²) in [6.45, 7) is 34.0. The lowest BCUT2D eigenvalue weighted by molar-refractivity contribution is -0.461. The molecule has 0 fully saturated rings. The van der Waals surface area contributed by atoms with E-state index in [4.69, 9.17) is 13.3 Å². The van der Waals surface area contributed by atoms with Gasteiger partial charge in [0.15, 0.2) is 37.6 Å². The highest BCUT2D eigenvalue weighted by molar-refractivity contribution is 6.75. The number of amides is 1. The van der Waals surface area contributed by atoms with E-state index in [-0.39, 0.29) is 21.0 Å². The van der Waals surface area contributed by atoms with Gasteiger partial charge in [-0.1, -0.05) is 98.6 Å². The Balaban J connectivity index is 2.65. The van der Waals surface area contributed by atoms with E-state index in [9.17, 15) is 4.79 Å². The van der Waals surface area contributed by atoms with Crippen LogP contribution in [0, 0.1) is 11.8 Å². The molecule has 0 N–H and O–H groups in total. The summed E-state index contributed by atoms with van der Waals surface area (Å²) in [5.74, 6) is 6.61. The molecule has 224 valence electrons. The van der Waals surface area contributed by atoms with E-state index in [1.54, 1.807) is 0 Å². The zero-order chi connectivity index (χ0) is 30.9. The summed E-state index contributed by atoms with van der Waals surface area (Å²) < 4.78 is 22.1. The Morgan fingerprint density at radius 1 is 0.725 bits per heavy atom. The number of hydrogen-bond acceptors (Lipinski definition) is 4. The van der Waals surface area contributed by atoms with Crippen molar-refractivity contribution >= 4 is 36.6 Å². The third kappa shape index (κ3) is 8.14. The van der Waals surface area contributed by atoms with E-state index >= 15 is 0 Å². The number of carbonyl (C=O) groups excluding carboxylic acids is 1. The van der Waals surface area contributed by atoms with Crippen LogP contribution >= 0.6 is 0 Å². The lowest BCUT2D eigenvalue weighted by Gasteiger charge is -2.41. The Labute approximate surface area is 248 Å². The number of carbonyl (C=O) groups is 1. The lowest BCUT2D eigenvalue weighted by atomic mass is 10.1. The first-order valence-corrected chi connectivity index (χ1v) is 23.3. The van der Waals surface area contributed by atoms with Gasteiger partial charge in [-0.15, -0.1) is 4.58 Å². The predicted octanol–water partition coefficient (Wildman–Crippen LogP) is 7.99. The zero-order valence-electron chi connectivity index (χ0n) is 28.0. The van der Waals surface area contributed by atoms with Crippen molar-refractivity contribution in [3.8, 4) is 11.8 Å². The summed E-state index contributed by atoms with van der Waals surface area (Å²) in [4.78, 5) is 14.2. The van der Waals surface area contributed by atoms with E-state index in [0.29, 0.717) is 18.9 Å². The summed E-state index contributed by atoms with van der Waals surface area (Å²) in [7, 11) is -6.54. The summed E-state index contributed by atoms with van der Waals surface area (Å²) in [5.41, 5.74) is 1.74. The van der Waals surface area contributed by atoms with E-state index < -0.39 is 37.2 Å². The molecule has 0 bridgehead atoms. The van der Waals surface area contributed by atoms with E-state index in [1.165, 1.54) is 0 Å². The molecule has 2 rings (SSSR count). The minimum absolute atomic E-state index is 0.0333. The fraction of sp³-hybridized carbons (Fsp3) is 0.688. The zero-order valence-corrected chi connectivity index (χ0v) is 31.0. The van der Waals surface area contributed by atoms with Gasteiger partial charge in [0.2, 0.25) is 6.10 Å². The van der Waals surface area contributed by atoms with Gasteiger partial charge in [-0.3, -0.25) is 0 Å². The van der Waals surface area contributed by atoms with Gasteiger partial charge in [0, 0.05) is 11.5 Å². The van der Waals surface area contributed by atoms with Crippen LogP contribution in [0.4, 0.5) is 0 Å². The third-order valence-electron chi connectivity index (χ3n) is 9.51. The van der Waals surface area contributed by atoms with E-state index in [0.717, 1.165) is 5.56 Å². The predicted molar refractivity (Wildman–Crippen MR) is 175 cm³/mol. The van der Waals surface area contributed by atoms with Gasteiger partial charge in [-0.05, 0) is 54.4 Å². The molecule has 1 aliphatic rings. The van der Waals surface area contributed by atoms with Crippen LogP contribution < -0.4 is 0 Å². The number of hydrogen-bond donors (Lipinski definition) is 0. The second kappa shape index (κ2) is 12.1. The molecule has 1 amide bonds. The smallest absolute Gasteiger partial charge is 0.406 e. The van der Waals surface area contributed by atoms with Crippen molar-refractivity contribution in [3.05, 3.63) is 35.9 Å². The van der Waals surface area contributed by atoms with Crippen molar-refractivity contribution in [2.24, 2.45) is 0 Å².